The van der Waals surface area contributed by atoms with E-state index >= 15 is 0 Å². The quantitative estimate of drug-likeness (QED) is 0.130. The van der Waals surface area contributed by atoms with Crippen LogP contribution in [0.5, 0.6) is 0 Å². The summed E-state index contributed by atoms with van der Waals surface area (Å²) in [6.07, 6.45) is 11.1. The van der Waals surface area contributed by atoms with E-state index in [0.717, 1.165) is 5.57 Å². The average molecular weight is 998 g/mol. The monoisotopic (exact) mass is 998 g/mol. The Labute approximate surface area is 421 Å². The summed E-state index contributed by atoms with van der Waals surface area (Å²) in [5, 5.41) is 23.5. The summed E-state index contributed by atoms with van der Waals surface area (Å²) >= 11 is 0. The topological polar surface area (TPSA) is 211 Å². The Bertz CT molecular complexity index is 1960. The third-order valence-electron chi connectivity index (χ3n) is 15.0. The van der Waals surface area contributed by atoms with Crippen LogP contribution in [0.25, 0.3) is 0 Å². The molecule has 16 nitrogen and oxygen atoms in total. The molecule has 0 aromatic rings. The fourth-order valence-corrected chi connectivity index (χ4v) is 10.5. The van der Waals surface area contributed by atoms with Gasteiger partial charge in [0.05, 0.1) is 18.3 Å². The van der Waals surface area contributed by atoms with Crippen LogP contribution < -0.4 is 0 Å². The maximum absolute atomic E-state index is 14.5. The Kier molecular flexibility index (Phi) is 23.5. The largest absolute Gasteiger partial charge is 0.508 e. The molecule has 0 aromatic heterocycles. The third kappa shape index (κ3) is 16.3. The second-order valence-corrected chi connectivity index (χ2v) is 20.5. The van der Waals surface area contributed by atoms with E-state index in [4.69, 9.17) is 33.2 Å². The van der Waals surface area contributed by atoms with Gasteiger partial charge in [-0.05, 0) is 107 Å². The van der Waals surface area contributed by atoms with Gasteiger partial charge in [-0.2, -0.15) is 0 Å². The number of ketones is 3. The van der Waals surface area contributed by atoms with E-state index in [9.17, 15) is 39.0 Å². The van der Waals surface area contributed by atoms with E-state index in [1.165, 1.54) is 18.1 Å². The summed E-state index contributed by atoms with van der Waals surface area (Å²) in [4.78, 5) is 84.6. The maximum atomic E-state index is 14.5. The third-order valence-corrected chi connectivity index (χ3v) is 15.0. The van der Waals surface area contributed by atoms with E-state index in [-0.39, 0.29) is 49.4 Å². The van der Waals surface area contributed by atoms with Crippen molar-refractivity contribution in [2.45, 2.75) is 180 Å². The molecule has 4 aliphatic rings. The van der Waals surface area contributed by atoms with Crippen molar-refractivity contribution in [2.75, 3.05) is 34.5 Å². The number of ether oxygens (including phenoxy) is 7. The lowest BCUT2D eigenvalue weighted by atomic mass is 9.78. The zero-order chi connectivity index (χ0) is 52.6. The minimum Gasteiger partial charge on any atom is -0.460 e. The number of hydrogen-bond acceptors (Lipinski definition) is 15. The van der Waals surface area contributed by atoms with Gasteiger partial charge in [0.1, 0.15) is 42.8 Å². The fraction of sp³-hybridized carbons (Fsp3) is 0.709. The van der Waals surface area contributed by atoms with Crippen LogP contribution in [0.1, 0.15) is 126 Å². The Hall–Kier alpha value is -4.32. The van der Waals surface area contributed by atoms with E-state index in [1.54, 1.807) is 48.0 Å². The van der Waals surface area contributed by atoms with Crippen molar-refractivity contribution in [1.29, 1.82) is 0 Å². The zero-order valence-electron chi connectivity index (χ0n) is 43.9. The van der Waals surface area contributed by atoms with Gasteiger partial charge >= 0.3 is 12.1 Å². The molecule has 398 valence electrons. The number of carbonyl (C=O) groups is 6. The molecule has 1 amide bonds. The van der Waals surface area contributed by atoms with Crippen LogP contribution in [0, 0.1) is 35.5 Å². The molecular weight excluding hydrogens is 915 g/mol. The molecule has 3 aliphatic heterocycles. The molecule has 0 spiro atoms. The highest BCUT2D eigenvalue weighted by Gasteiger charge is 2.53. The highest BCUT2D eigenvalue weighted by atomic mass is 16.7. The molecule has 3 heterocycles. The summed E-state index contributed by atoms with van der Waals surface area (Å²) in [5.74, 6) is -8.37. The lowest BCUT2D eigenvalue weighted by Crippen LogP contribution is -2.61. The lowest BCUT2D eigenvalue weighted by Gasteiger charge is -2.42. The molecule has 1 saturated carbocycles. The fourth-order valence-electron chi connectivity index (χ4n) is 10.5. The van der Waals surface area contributed by atoms with E-state index in [1.807, 2.05) is 51.2 Å². The molecule has 15 atom stereocenters. The standard InChI is InChI=1S/C55H83NO15/c1-12-26-68-54(63)70-44-24-22-40(30-47(44)66-10)29-36(5)46-32-43(57)35(4)28-38(7)49(59)50(67-11)48(58)37(6)27-33(2)18-14-13-15-19-34(3)45(65-9)31-41-23-21-39(8)55(64,71-41)51(60)52(61)56-25-17-16-20-42(56)53(62)69-46/h12-15,18-19,28,33,35-37,39-42,44-47,49-50,59,64H,1,16-17,20-27,29-32H2,2-11H3/b15-13+,18-14+,34-19+,38-28+/t33-,35-,36-,37-,39-,40+,41+,42+,44-,45+,46+,47-,49-,50+,55-/m1/s1. The van der Waals surface area contributed by atoms with Gasteiger partial charge in [0, 0.05) is 58.5 Å². The predicted molar refractivity (Wildman–Crippen MR) is 266 cm³/mol. The van der Waals surface area contributed by atoms with Crippen molar-refractivity contribution < 1.29 is 72.1 Å². The molecule has 0 aromatic carbocycles. The van der Waals surface area contributed by atoms with Crippen molar-refractivity contribution in [1.82, 2.24) is 4.90 Å². The molecule has 0 unspecified atom stereocenters. The number of amides is 1. The number of esters is 1. The van der Waals surface area contributed by atoms with Gasteiger partial charge in [0.2, 0.25) is 5.79 Å². The number of nitrogens with zero attached hydrogens (tertiary/aromatic N) is 1. The van der Waals surface area contributed by atoms with Crippen LogP contribution in [0.3, 0.4) is 0 Å². The highest BCUT2D eigenvalue weighted by molar-refractivity contribution is 6.39. The van der Waals surface area contributed by atoms with E-state index in [2.05, 4.69) is 6.58 Å². The minimum atomic E-state index is -2.45. The van der Waals surface area contributed by atoms with E-state index in [0.29, 0.717) is 69.8 Å². The summed E-state index contributed by atoms with van der Waals surface area (Å²) in [6.45, 7) is 16.2. The lowest BCUT2D eigenvalue weighted by molar-refractivity contribution is -0.265. The van der Waals surface area contributed by atoms with Crippen molar-refractivity contribution in [2.24, 2.45) is 35.5 Å². The summed E-state index contributed by atoms with van der Waals surface area (Å²) in [6, 6.07) is -1.18. The Morgan fingerprint density at radius 2 is 1.63 bits per heavy atom. The second kappa shape index (κ2) is 28.2. The van der Waals surface area contributed by atoms with Crippen molar-refractivity contribution in [3.63, 3.8) is 0 Å². The van der Waals surface area contributed by atoms with Crippen LogP contribution in [-0.2, 0) is 57.1 Å². The first-order valence-corrected chi connectivity index (χ1v) is 25.6. The first-order chi connectivity index (χ1) is 33.7. The number of aliphatic hydroxyl groups is 2. The molecular formula is C55H83NO15. The van der Waals surface area contributed by atoms with Gasteiger partial charge in [0.25, 0.3) is 11.7 Å². The van der Waals surface area contributed by atoms with Crippen LogP contribution in [0.2, 0.25) is 0 Å². The number of piperidine rings is 1. The Morgan fingerprint density at radius 3 is 2.31 bits per heavy atom. The number of Topliss-reactive ketones (excluding diaryl/α,β-unsaturated/α-hetero) is 3. The average Bonchev–Trinajstić information content (AvgIpc) is 3.35. The summed E-state index contributed by atoms with van der Waals surface area (Å²) in [7, 11) is 4.48. The highest BCUT2D eigenvalue weighted by Crippen LogP contribution is 2.38. The number of allylic oxidation sites excluding steroid dienone is 6. The molecule has 3 fully saturated rings. The smallest absolute Gasteiger partial charge is 0.460 e. The normalized spacial score (nSPS) is 37.8. The molecule has 0 radical (unpaired) electrons. The van der Waals surface area contributed by atoms with Gasteiger partial charge < -0.3 is 48.3 Å². The first-order valence-electron chi connectivity index (χ1n) is 25.6. The summed E-state index contributed by atoms with van der Waals surface area (Å²) in [5.41, 5.74) is 1.23. The number of cyclic esters (lactones) is 1. The number of hydrogen-bond donors (Lipinski definition) is 2. The SMILES string of the molecule is C=CCOC(=O)O[C@@H]1CC[C@@H](C[C@@H](C)[C@@H]2CC(=O)[C@H](C)/C=C(\C)[C@@H](O)[C@@H](OC)C(=O)[C@H](C)C[C@H](C)/C=C/C=C/C=C(\C)[C@@H](OC)C[C@@H]3CC[C@@H](C)[C@@](O)(O3)C(=O)C(=O)N3CCCC[C@H]3C(=O)O2)C[C@H]1OC. The van der Waals surface area contributed by atoms with Crippen LogP contribution in [0.4, 0.5) is 4.79 Å². The maximum Gasteiger partial charge on any atom is 0.508 e. The van der Waals surface area contributed by atoms with Gasteiger partial charge in [-0.1, -0.05) is 83.7 Å². The Balaban J connectivity index is 1.69. The number of carbonyl (C=O) groups excluding carboxylic acids is 6. The van der Waals surface area contributed by atoms with Crippen LogP contribution in [0.15, 0.2) is 60.3 Å². The molecule has 2 bridgehead atoms. The second-order valence-electron chi connectivity index (χ2n) is 20.5. The van der Waals surface area contributed by atoms with Gasteiger partial charge in [0.15, 0.2) is 5.78 Å². The number of rotatable bonds is 9. The molecule has 4 rings (SSSR count). The molecule has 2 saturated heterocycles. The minimum absolute atomic E-state index is 0.00314. The van der Waals surface area contributed by atoms with Gasteiger partial charge in [-0.3, -0.25) is 19.2 Å². The van der Waals surface area contributed by atoms with Crippen molar-refractivity contribution >= 4 is 35.4 Å². The van der Waals surface area contributed by atoms with Crippen LogP contribution in [-0.4, -0.2) is 140 Å². The van der Waals surface area contributed by atoms with E-state index < -0.39 is 102 Å². The zero-order valence-corrected chi connectivity index (χ0v) is 43.9. The Morgan fingerprint density at radius 1 is 0.901 bits per heavy atom. The van der Waals surface area contributed by atoms with Crippen LogP contribution >= 0.6 is 0 Å². The van der Waals surface area contributed by atoms with Gasteiger partial charge in [-0.15, -0.1) is 0 Å². The number of fused-ring (bicyclic) bond motifs is 3. The number of methoxy groups -OCH3 is 3. The van der Waals surface area contributed by atoms with Crippen molar-refractivity contribution in [3.05, 3.63) is 60.3 Å². The molecule has 2 N–H and O–H groups in total. The summed E-state index contributed by atoms with van der Waals surface area (Å²) < 4.78 is 40.2. The molecule has 71 heavy (non-hydrogen) atoms. The predicted octanol–water partition coefficient (Wildman–Crippen LogP) is 7.53. The molecule has 1 aliphatic carbocycles. The first kappa shape index (κ1) is 59.2. The van der Waals surface area contributed by atoms with Gasteiger partial charge in [-0.25, -0.2) is 9.59 Å². The van der Waals surface area contributed by atoms with Crippen molar-refractivity contribution in [3.8, 4) is 0 Å². The molecule has 16 heteroatoms. The number of aliphatic hydroxyl groups excluding tert-OH is 1.